The van der Waals surface area contributed by atoms with E-state index in [1.807, 2.05) is 0 Å². The van der Waals surface area contributed by atoms with Gasteiger partial charge in [0.15, 0.2) is 29.5 Å². The number of aromatic hydroxyl groups is 1. The van der Waals surface area contributed by atoms with Crippen LogP contribution in [0.4, 0.5) is 0 Å². The summed E-state index contributed by atoms with van der Waals surface area (Å²) in [5.74, 6) is -35.0. The van der Waals surface area contributed by atoms with Gasteiger partial charge in [-0.25, -0.2) is 25.3 Å². The summed E-state index contributed by atoms with van der Waals surface area (Å²) in [6.45, 7) is 7.54. The molecule has 2 aliphatic heterocycles. The van der Waals surface area contributed by atoms with E-state index in [1.54, 1.807) is 42.5 Å². The van der Waals surface area contributed by atoms with Crippen LogP contribution in [0.15, 0.2) is 130 Å². The number of hydrogen-bond acceptors (Lipinski definition) is 31. The van der Waals surface area contributed by atoms with Crippen LogP contribution in [0.25, 0.3) is 10.8 Å². The zero-order chi connectivity index (χ0) is 106. The quantitative estimate of drug-likeness (QED) is 0.0327. The Labute approximate surface area is 833 Å². The number of aliphatic carboxylic acids is 4. The summed E-state index contributed by atoms with van der Waals surface area (Å²) in [7, 11) is -15.0. The van der Waals surface area contributed by atoms with Crippen LogP contribution in [0, 0.1) is 5.41 Å². The number of amides is 16. The molecule has 143 heavy (non-hydrogen) atoms. The second-order valence-electron chi connectivity index (χ2n) is 34.6. The number of hydrogen-bond donors (Lipinski definition) is 22. The molecule has 54 heteroatoms. The predicted octanol–water partition coefficient (Wildman–Crippen LogP) is -4.92. The molecule has 0 aromatic heterocycles. The molecular weight excluding hydrogens is 2000 g/mol. The summed E-state index contributed by atoms with van der Waals surface area (Å²) in [6.07, 6.45) is -8.97. The Bertz CT molecular complexity index is 5950. The third-order valence-electron chi connectivity index (χ3n) is 22.0. The highest BCUT2D eigenvalue weighted by Crippen LogP contribution is 2.29. The zero-order valence-corrected chi connectivity index (χ0v) is 83.0. The van der Waals surface area contributed by atoms with Gasteiger partial charge in [0.2, 0.25) is 94.5 Å². The minimum absolute atomic E-state index is 0.166. The average Bonchev–Trinajstić information content (AvgIpc) is 0.773. The average molecular weight is 2110 g/mol. The largest absolute Gasteiger partial charge is 0.508 e. The molecule has 5 aromatic carbocycles. The van der Waals surface area contributed by atoms with Gasteiger partial charge in [0.25, 0.3) is 0 Å². The maximum Gasteiger partial charge on any atom is 0.305 e. The highest BCUT2D eigenvalue weighted by Gasteiger charge is 2.42. The second kappa shape index (κ2) is 53.5. The Kier molecular flexibility index (Phi) is 43.5. The first-order valence-electron chi connectivity index (χ1n) is 44.3. The number of benzene rings is 5. The molecule has 4 bridgehead atoms. The summed E-state index contributed by atoms with van der Waals surface area (Å²) < 4.78 is 89.0. The van der Waals surface area contributed by atoms with E-state index in [0.29, 0.717) is 69.8 Å². The van der Waals surface area contributed by atoms with Crippen LogP contribution in [0.3, 0.4) is 0 Å². The molecule has 48 nitrogen and oxygen atoms in total. The summed E-state index contributed by atoms with van der Waals surface area (Å²) in [5.41, 5.74) is 16.5. The van der Waals surface area contributed by atoms with Gasteiger partial charge in [-0.3, -0.25) is 95.9 Å². The van der Waals surface area contributed by atoms with E-state index < -0.39 is 375 Å². The summed E-state index contributed by atoms with van der Waals surface area (Å²) in [5, 5.41) is 84.5. The first-order valence-corrected chi connectivity index (χ1v) is 52.7. The van der Waals surface area contributed by atoms with Crippen molar-refractivity contribution in [1.29, 1.82) is 0 Å². The standard InChI is InChI=1S/C89H115N17O31S6/c1-45(90)75(118)104-66-43-139-28-31-142(134,135)54-36-53-37-55(38-54)143(136,137)32-29-140-44-67(105-77(120)47(3)93-80(123)61(35-51-17-12-16-50-15-10-11-18-56(50)51)100-78(121)57(23-25-69(109)110)95-83(126)62(39-68(91)108)97-76(119)46(2)94-86(66)129)87(130)96-58(24-26-70(111)112)79(122)101-63(40-71(113)114)84(127)99-59(33-48-13-8-7-9-14-48)81(124)98-60(34-49-19-21-52(107)22-20-49)82(125)102-64(41-72(115)116)85(128)106-73(89(4,5)6)88(131)103-65(74(92)117)42-138-27-30-141(53,132)133/h7-22,36-38,45-47,57-67,73,107H,23-35,39-44,90H2,1-6H3,(H2,91,108)(H2,92,117)(H,93,123)(H,94,129)(H,95,126)(H,96,130)(H,97,119)(H,98,124)(H,99,127)(H,100,121)(H,101,122)(H,102,125)(H,103,131)(H,104,118)(H,105,120)(H,106,128)(H,109,110)(H,111,112)(H,113,114)(H,115,116)/t45-,46+,47+,57-,58-,59-,60-,61-,62-,63-,64?,65-,66-,67+,73+/m0/s1. The number of carboxylic acid groups (broad SMARTS) is 4. The van der Waals surface area contributed by atoms with Crippen molar-refractivity contribution in [2.24, 2.45) is 22.6 Å². The molecular formula is C89H115N17O31S6. The van der Waals surface area contributed by atoms with Crippen molar-refractivity contribution in [1.82, 2.24) is 74.4 Å². The van der Waals surface area contributed by atoms with E-state index in [-0.39, 0.29) is 16.9 Å². The van der Waals surface area contributed by atoms with Gasteiger partial charge in [0.1, 0.15) is 90.3 Å². The fourth-order valence-corrected chi connectivity index (χ4v) is 22.9. The van der Waals surface area contributed by atoms with Crippen LogP contribution < -0.4 is 91.6 Å². The number of phenols is 1. The summed E-state index contributed by atoms with van der Waals surface area (Å²) in [6, 6.07) is -3.27. The number of carbonyl (C=O) groups is 20. The lowest BCUT2D eigenvalue weighted by molar-refractivity contribution is -0.142. The molecule has 1 unspecified atom stereocenters. The Morgan fingerprint density at radius 2 is 0.797 bits per heavy atom. The molecule has 5 aromatic rings. The summed E-state index contributed by atoms with van der Waals surface area (Å²) >= 11 is 1.78. The zero-order valence-electron chi connectivity index (χ0n) is 78.1. The van der Waals surface area contributed by atoms with Crippen molar-refractivity contribution in [3.05, 3.63) is 132 Å². The van der Waals surface area contributed by atoms with Crippen LogP contribution in [-0.2, 0) is 145 Å². The Morgan fingerprint density at radius 1 is 0.413 bits per heavy atom. The SMILES string of the molecule is C[C@H](N)C(=O)N[C@H]1CSCCS(=O)(=O)c2cc3cc(c2)S(=O)(=O)CCSC[C@@H](NC(=O)[C@@H](C)NC(=O)[C@H](Cc2cccc4ccccc24)NC(=O)[C@H](CCC(=O)O)NC(=O)[C@H](CC(N)=O)NC(=O)[C@@H](C)NC1=O)C(=O)N[C@@H](CCC(=O)O)C(=O)N[C@@H](CC(=O)O)C(=O)N[C@@H](Cc1ccccc1)C(=O)N[C@@H](Cc1ccc(O)cc1)C(=O)NC(CC(=O)O)C(=O)N[C@@H](C(C)(C)C)C(=O)N[C@H](C(N)=O)CSCCS3(=O)=O. The van der Waals surface area contributed by atoms with Gasteiger partial charge >= 0.3 is 23.9 Å². The molecule has 0 aliphatic carbocycles. The number of rotatable bonds is 21. The molecule has 2 heterocycles. The number of phenolic OH excluding ortho intramolecular Hbond substituents is 1. The number of carbonyl (C=O) groups excluding carboxylic acids is 16. The van der Waals surface area contributed by atoms with Crippen LogP contribution in [0.2, 0.25) is 0 Å². The van der Waals surface area contributed by atoms with Crippen molar-refractivity contribution >= 4 is 194 Å². The lowest BCUT2D eigenvalue weighted by Gasteiger charge is -2.33. The number of thioether (sulfide) groups is 3. The highest BCUT2D eigenvalue weighted by molar-refractivity contribution is 8.01. The number of nitrogens with one attached hydrogen (secondary N) is 14. The lowest BCUT2D eigenvalue weighted by Crippen LogP contribution is -2.62. The van der Waals surface area contributed by atoms with E-state index >= 15 is 14.4 Å². The van der Waals surface area contributed by atoms with Gasteiger partial charge in [-0.05, 0) is 96.8 Å². The fraction of sp³-hybridized carbons (Fsp3) is 0.461. The molecule has 0 radical (unpaired) electrons. The minimum atomic E-state index is -5.05. The molecule has 2 aliphatic rings. The van der Waals surface area contributed by atoms with Gasteiger partial charge in [-0.1, -0.05) is 106 Å². The van der Waals surface area contributed by atoms with Gasteiger partial charge in [0, 0.05) is 66.6 Å². The van der Waals surface area contributed by atoms with Gasteiger partial charge in [-0.2, -0.15) is 35.3 Å². The maximum absolute atomic E-state index is 15.2. The third-order valence-corrected chi connectivity index (χ3v) is 31.1. The van der Waals surface area contributed by atoms with Crippen molar-refractivity contribution < 1.29 is 147 Å². The number of primary amides is 2. The van der Waals surface area contributed by atoms with E-state index in [2.05, 4.69) is 74.4 Å². The molecule has 0 fully saturated rings. The first kappa shape index (κ1) is 116. The van der Waals surface area contributed by atoms with Crippen molar-refractivity contribution in [3.8, 4) is 5.75 Å². The number of nitrogens with two attached hydrogens (primary N) is 3. The summed E-state index contributed by atoms with van der Waals surface area (Å²) in [4.78, 5) is 278. The number of fused-ring (bicyclic) bond motifs is 8. The van der Waals surface area contributed by atoms with E-state index in [1.165, 1.54) is 82.3 Å². The van der Waals surface area contributed by atoms with Gasteiger partial charge in [-0.15, -0.1) is 0 Å². The maximum atomic E-state index is 15.2. The van der Waals surface area contributed by atoms with E-state index in [4.69, 9.17) is 17.2 Å². The topological polar surface area (TPSA) is 791 Å². The van der Waals surface area contributed by atoms with Crippen molar-refractivity contribution in [3.63, 3.8) is 0 Å². The Morgan fingerprint density at radius 3 is 1.27 bits per heavy atom. The second-order valence-corrected chi connectivity index (χ2v) is 44.4. The molecule has 15 atom stereocenters. The van der Waals surface area contributed by atoms with Crippen LogP contribution in [0.5, 0.6) is 5.75 Å². The smallest absolute Gasteiger partial charge is 0.305 e. The molecule has 0 saturated heterocycles. The van der Waals surface area contributed by atoms with E-state index in [0.717, 1.165) is 13.8 Å². The monoisotopic (exact) mass is 2110 g/mol. The minimum Gasteiger partial charge on any atom is -0.508 e. The van der Waals surface area contributed by atoms with E-state index in [9.17, 15) is 132 Å². The third kappa shape index (κ3) is 37.0. The normalized spacial score (nSPS) is 24.6. The van der Waals surface area contributed by atoms with Crippen LogP contribution in [0.1, 0.15) is 103 Å². The molecule has 16 amide bonds. The van der Waals surface area contributed by atoms with Crippen LogP contribution in [-0.4, -0.2) is 312 Å². The van der Waals surface area contributed by atoms with Gasteiger partial charge in [0.05, 0.1) is 57.2 Å². The lowest BCUT2D eigenvalue weighted by atomic mass is 9.85. The molecule has 25 N–H and O–H groups in total. The Balaban J connectivity index is 1.42. The first-order chi connectivity index (χ1) is 67.0. The molecule has 0 saturated carbocycles. The fourth-order valence-electron chi connectivity index (χ4n) is 14.1. The molecule has 778 valence electrons. The highest BCUT2D eigenvalue weighted by atomic mass is 32.2. The molecule has 0 spiro atoms. The van der Waals surface area contributed by atoms with Crippen molar-refractivity contribution in [2.75, 3.05) is 51.8 Å². The number of carboxylic acids is 4. The number of sulfone groups is 3. The van der Waals surface area contributed by atoms with Crippen LogP contribution >= 0.6 is 35.3 Å². The molecule has 7 rings (SSSR count). The Hall–Kier alpha value is -13.6. The predicted molar refractivity (Wildman–Crippen MR) is 517 cm³/mol. The van der Waals surface area contributed by atoms with Gasteiger partial charge < -0.3 is 117 Å². The van der Waals surface area contributed by atoms with Crippen molar-refractivity contribution in [2.45, 2.75) is 211 Å².